The lowest BCUT2D eigenvalue weighted by atomic mass is 10.3. The fourth-order valence-electron chi connectivity index (χ4n) is 0.880. The Labute approximate surface area is 81.4 Å². The molecule has 5 heteroatoms. The number of anilines is 1. The van der Waals surface area contributed by atoms with Crippen LogP contribution in [0.4, 0.5) is 5.69 Å². The van der Waals surface area contributed by atoms with E-state index >= 15 is 0 Å². The highest BCUT2D eigenvalue weighted by Gasteiger charge is 2.08. The first-order chi connectivity index (χ1) is 6.19. The zero-order valence-electron chi connectivity index (χ0n) is 7.28. The number of hydrogen-bond donors (Lipinski definition) is 0. The highest BCUT2D eigenvalue weighted by Crippen LogP contribution is 2.26. The van der Waals surface area contributed by atoms with Gasteiger partial charge in [0, 0.05) is 25.0 Å². The molecule has 0 radical (unpaired) electrons. The van der Waals surface area contributed by atoms with Gasteiger partial charge in [0.2, 0.25) is 5.88 Å². The molecule has 0 aliphatic carbocycles. The molecular formula is C8H8ClN3O. The highest BCUT2D eigenvalue weighted by atomic mass is 35.5. The van der Waals surface area contributed by atoms with Crippen LogP contribution in [0, 0.1) is 11.3 Å². The zero-order valence-corrected chi connectivity index (χ0v) is 8.04. The van der Waals surface area contributed by atoms with Crippen molar-refractivity contribution in [2.24, 2.45) is 0 Å². The molecule has 0 spiro atoms. The summed E-state index contributed by atoms with van der Waals surface area (Å²) < 4.78 is 6.29. The lowest BCUT2D eigenvalue weighted by Crippen LogP contribution is -2.04. The van der Waals surface area contributed by atoms with E-state index in [4.69, 9.17) is 21.8 Å². The lowest BCUT2D eigenvalue weighted by Gasteiger charge is -2.12. The Hall–Kier alpha value is -1.47. The van der Waals surface area contributed by atoms with E-state index in [1.807, 2.05) is 6.07 Å². The average molecular weight is 198 g/mol. The first-order valence-corrected chi connectivity index (χ1v) is 3.86. The van der Waals surface area contributed by atoms with Crippen molar-refractivity contribution in [2.45, 2.75) is 0 Å². The number of pyridine rings is 1. The molecule has 1 rings (SSSR count). The summed E-state index contributed by atoms with van der Waals surface area (Å²) in [5.74, 6) is 0.400. The van der Waals surface area contributed by atoms with E-state index in [0.29, 0.717) is 17.1 Å². The SMILES string of the molecule is COc1ncc(C#N)cc1N(C)Cl. The van der Waals surface area contributed by atoms with Crippen molar-refractivity contribution in [3.63, 3.8) is 0 Å². The fraction of sp³-hybridized carbons (Fsp3) is 0.250. The van der Waals surface area contributed by atoms with Gasteiger partial charge in [-0.1, -0.05) is 0 Å². The summed E-state index contributed by atoms with van der Waals surface area (Å²) in [6.07, 6.45) is 1.43. The second kappa shape index (κ2) is 3.97. The summed E-state index contributed by atoms with van der Waals surface area (Å²) in [6, 6.07) is 3.58. The third kappa shape index (κ3) is 2.01. The molecule has 1 aromatic rings. The largest absolute Gasteiger partial charge is 0.479 e. The van der Waals surface area contributed by atoms with Gasteiger partial charge in [0.25, 0.3) is 0 Å². The van der Waals surface area contributed by atoms with Gasteiger partial charge in [-0.05, 0) is 6.07 Å². The molecule has 0 aliphatic heterocycles. The van der Waals surface area contributed by atoms with Crippen molar-refractivity contribution in [1.29, 1.82) is 5.26 Å². The van der Waals surface area contributed by atoms with Crippen molar-refractivity contribution in [3.05, 3.63) is 17.8 Å². The molecule has 68 valence electrons. The Morgan fingerprint density at radius 3 is 2.85 bits per heavy atom. The third-order valence-corrected chi connectivity index (χ3v) is 1.67. The molecule has 0 aliphatic rings. The lowest BCUT2D eigenvalue weighted by molar-refractivity contribution is 0.399. The molecule has 0 N–H and O–H groups in total. The van der Waals surface area contributed by atoms with Crippen molar-refractivity contribution in [1.82, 2.24) is 4.98 Å². The molecule has 0 saturated heterocycles. The summed E-state index contributed by atoms with van der Waals surface area (Å²) >= 11 is 5.72. The van der Waals surface area contributed by atoms with Crippen molar-refractivity contribution in [3.8, 4) is 11.9 Å². The predicted molar refractivity (Wildman–Crippen MR) is 49.8 cm³/mol. The molecule has 13 heavy (non-hydrogen) atoms. The summed E-state index contributed by atoms with van der Waals surface area (Å²) in [5.41, 5.74) is 1.02. The van der Waals surface area contributed by atoms with E-state index < -0.39 is 0 Å². The standard InChI is InChI=1S/C8H8ClN3O/c1-12(9)7-3-6(4-10)5-11-8(7)13-2/h3,5H,1-2H3. The van der Waals surface area contributed by atoms with Gasteiger partial charge in [-0.3, -0.25) is 4.42 Å². The maximum Gasteiger partial charge on any atom is 0.238 e. The molecule has 0 saturated carbocycles. The predicted octanol–water partition coefficient (Wildman–Crippen LogP) is 1.55. The summed E-state index contributed by atoms with van der Waals surface area (Å²) in [6.45, 7) is 0. The van der Waals surface area contributed by atoms with Crippen LogP contribution in [0.1, 0.15) is 5.56 Å². The van der Waals surface area contributed by atoms with Crippen LogP contribution in [0.5, 0.6) is 5.88 Å². The summed E-state index contributed by atoms with van der Waals surface area (Å²) in [4.78, 5) is 3.92. The second-order valence-corrected chi connectivity index (χ2v) is 2.85. The smallest absolute Gasteiger partial charge is 0.238 e. The topological polar surface area (TPSA) is 49.1 Å². The van der Waals surface area contributed by atoms with E-state index in [-0.39, 0.29) is 0 Å². The van der Waals surface area contributed by atoms with Gasteiger partial charge in [0.1, 0.15) is 11.8 Å². The van der Waals surface area contributed by atoms with Gasteiger partial charge in [-0.2, -0.15) is 5.26 Å². The molecule has 0 atom stereocenters. The van der Waals surface area contributed by atoms with E-state index in [0.717, 1.165) is 0 Å². The minimum absolute atomic E-state index is 0.400. The van der Waals surface area contributed by atoms with Crippen LogP contribution in [0.3, 0.4) is 0 Å². The monoisotopic (exact) mass is 197 g/mol. The van der Waals surface area contributed by atoms with Crippen LogP contribution in [-0.4, -0.2) is 19.1 Å². The molecule has 0 fully saturated rings. The first-order valence-electron chi connectivity index (χ1n) is 3.52. The number of hydrogen-bond acceptors (Lipinski definition) is 4. The number of nitrogens with zero attached hydrogens (tertiary/aromatic N) is 3. The van der Waals surface area contributed by atoms with Gasteiger partial charge in [-0.25, -0.2) is 4.98 Å². The molecular weight excluding hydrogens is 190 g/mol. The second-order valence-electron chi connectivity index (χ2n) is 2.34. The summed E-state index contributed by atoms with van der Waals surface area (Å²) in [7, 11) is 3.14. The van der Waals surface area contributed by atoms with Crippen molar-refractivity contribution in [2.75, 3.05) is 18.6 Å². The van der Waals surface area contributed by atoms with Gasteiger partial charge in [0.15, 0.2) is 0 Å². The Bertz CT molecular complexity index is 346. The molecule has 0 amide bonds. The van der Waals surface area contributed by atoms with Gasteiger partial charge in [0.05, 0.1) is 12.7 Å². The minimum atomic E-state index is 0.400. The minimum Gasteiger partial charge on any atom is -0.479 e. The molecule has 0 unspecified atom stereocenters. The van der Waals surface area contributed by atoms with Crippen LogP contribution >= 0.6 is 11.8 Å². The van der Waals surface area contributed by atoms with Crippen molar-refractivity contribution >= 4 is 17.5 Å². The average Bonchev–Trinajstić information content (AvgIpc) is 2.16. The highest BCUT2D eigenvalue weighted by molar-refractivity contribution is 6.25. The molecule has 1 heterocycles. The number of ether oxygens (including phenoxy) is 1. The van der Waals surface area contributed by atoms with E-state index in [9.17, 15) is 0 Å². The Balaban J connectivity index is 3.20. The molecule has 0 bridgehead atoms. The number of methoxy groups -OCH3 is 1. The molecule has 0 aromatic carbocycles. The summed E-state index contributed by atoms with van der Waals surface area (Å²) in [5, 5.41) is 8.61. The van der Waals surface area contributed by atoms with E-state index in [2.05, 4.69) is 4.98 Å². The maximum absolute atomic E-state index is 8.61. The number of rotatable bonds is 2. The maximum atomic E-state index is 8.61. The number of halogens is 1. The fourth-order valence-corrected chi connectivity index (χ4v) is 1.00. The Morgan fingerprint density at radius 1 is 1.69 bits per heavy atom. The van der Waals surface area contributed by atoms with Crippen LogP contribution in [0.15, 0.2) is 12.3 Å². The normalized spacial score (nSPS) is 9.08. The Morgan fingerprint density at radius 2 is 2.38 bits per heavy atom. The first kappa shape index (κ1) is 9.62. The van der Waals surface area contributed by atoms with Gasteiger partial charge < -0.3 is 4.74 Å². The van der Waals surface area contributed by atoms with Gasteiger partial charge >= 0.3 is 0 Å². The number of nitriles is 1. The van der Waals surface area contributed by atoms with Crippen LogP contribution in [0.25, 0.3) is 0 Å². The van der Waals surface area contributed by atoms with Crippen LogP contribution < -0.4 is 9.16 Å². The molecule has 4 nitrogen and oxygen atoms in total. The Kier molecular flexibility index (Phi) is 2.93. The molecule has 1 aromatic heterocycles. The van der Waals surface area contributed by atoms with E-state index in [1.54, 1.807) is 13.1 Å². The van der Waals surface area contributed by atoms with Crippen molar-refractivity contribution < 1.29 is 4.74 Å². The quantitative estimate of drug-likeness (QED) is 0.675. The number of aromatic nitrogens is 1. The van der Waals surface area contributed by atoms with Crippen LogP contribution in [0.2, 0.25) is 0 Å². The zero-order chi connectivity index (χ0) is 9.84. The van der Waals surface area contributed by atoms with Crippen LogP contribution in [-0.2, 0) is 0 Å². The van der Waals surface area contributed by atoms with Gasteiger partial charge in [-0.15, -0.1) is 0 Å². The van der Waals surface area contributed by atoms with E-state index in [1.165, 1.54) is 17.7 Å². The third-order valence-electron chi connectivity index (χ3n) is 1.49.